The quantitative estimate of drug-likeness (QED) is 0.315. The van der Waals surface area contributed by atoms with E-state index in [-0.39, 0.29) is 75.1 Å². The Kier molecular flexibility index (Phi) is 8.40. The molecule has 3 heterocycles. The van der Waals surface area contributed by atoms with Crippen molar-refractivity contribution in [2.45, 2.75) is 65.2 Å². The second-order valence-corrected chi connectivity index (χ2v) is 14.0. The van der Waals surface area contributed by atoms with Gasteiger partial charge in [-0.3, -0.25) is 10.1 Å². The standard InChI is InChI=1S/C30H33ClF2N4O6S/c1-29(2,3)42-27(39)35-26-34-22-16(7-8-19(32)24(22)44-26)20-18(31)13-17-23(21(20)33)41-12-9-15-14-36(10-11-37(15)25(17)38)28(40)43-30(4,5)6/h7-8,13,15H,9-12,14H2,1-6H3,(H,34,35,39)/t15-/m0/s1. The van der Waals surface area contributed by atoms with Crippen LogP contribution in [0.1, 0.15) is 58.3 Å². The molecule has 14 heteroatoms. The molecule has 0 radical (unpaired) electrons. The van der Waals surface area contributed by atoms with Gasteiger partial charge in [0.15, 0.2) is 16.7 Å². The van der Waals surface area contributed by atoms with Crippen molar-refractivity contribution in [2.75, 3.05) is 31.6 Å². The lowest BCUT2D eigenvalue weighted by Crippen LogP contribution is -2.58. The number of piperazine rings is 1. The number of nitrogens with one attached hydrogen (secondary N) is 1. The molecule has 0 bridgehead atoms. The molecule has 2 aliphatic rings. The summed E-state index contributed by atoms with van der Waals surface area (Å²) in [5, 5.41) is 2.43. The highest BCUT2D eigenvalue weighted by Crippen LogP contribution is 2.44. The summed E-state index contributed by atoms with van der Waals surface area (Å²) in [6, 6.07) is 3.45. The van der Waals surface area contributed by atoms with Crippen molar-refractivity contribution in [2.24, 2.45) is 0 Å². The van der Waals surface area contributed by atoms with Crippen molar-refractivity contribution in [1.82, 2.24) is 14.8 Å². The van der Waals surface area contributed by atoms with Gasteiger partial charge in [-0.15, -0.1) is 0 Å². The predicted octanol–water partition coefficient (Wildman–Crippen LogP) is 7.09. The van der Waals surface area contributed by atoms with Gasteiger partial charge in [-0.25, -0.2) is 23.4 Å². The van der Waals surface area contributed by atoms with Gasteiger partial charge in [-0.05, 0) is 59.7 Å². The lowest BCUT2D eigenvalue weighted by atomic mass is 9.98. The number of anilines is 1. The van der Waals surface area contributed by atoms with Crippen LogP contribution in [-0.4, -0.2) is 76.4 Å². The van der Waals surface area contributed by atoms with E-state index in [0.717, 1.165) is 17.4 Å². The smallest absolute Gasteiger partial charge is 0.413 e. The van der Waals surface area contributed by atoms with E-state index < -0.39 is 40.9 Å². The van der Waals surface area contributed by atoms with Crippen molar-refractivity contribution < 1.29 is 37.4 Å². The molecular formula is C30H33ClF2N4O6S. The van der Waals surface area contributed by atoms with Gasteiger partial charge >= 0.3 is 12.2 Å². The Morgan fingerprint density at radius 1 is 1.09 bits per heavy atom. The lowest BCUT2D eigenvalue weighted by molar-refractivity contribution is 0.000986. The minimum Gasteiger partial charge on any atom is -0.490 e. The zero-order valence-corrected chi connectivity index (χ0v) is 26.8. The van der Waals surface area contributed by atoms with E-state index in [1.807, 2.05) is 0 Å². The van der Waals surface area contributed by atoms with Crippen LogP contribution in [0.4, 0.5) is 23.5 Å². The predicted molar refractivity (Wildman–Crippen MR) is 163 cm³/mol. The number of ether oxygens (including phenoxy) is 3. The molecule has 3 aromatic rings. The first-order valence-corrected chi connectivity index (χ1v) is 15.2. The molecule has 1 atom stereocenters. The Balaban J connectivity index is 1.47. The Hall–Kier alpha value is -3.71. The topological polar surface area (TPSA) is 110 Å². The molecule has 5 rings (SSSR count). The summed E-state index contributed by atoms with van der Waals surface area (Å²) in [6.07, 6.45) is -0.904. The molecular weight excluding hydrogens is 618 g/mol. The van der Waals surface area contributed by atoms with Crippen molar-refractivity contribution >= 4 is 56.4 Å². The van der Waals surface area contributed by atoms with Crippen LogP contribution < -0.4 is 10.1 Å². The van der Waals surface area contributed by atoms with Gasteiger partial charge in [0, 0.05) is 37.2 Å². The van der Waals surface area contributed by atoms with Crippen LogP contribution >= 0.6 is 22.9 Å². The summed E-state index contributed by atoms with van der Waals surface area (Å²) in [4.78, 5) is 46.2. The first-order chi connectivity index (χ1) is 20.5. The van der Waals surface area contributed by atoms with Gasteiger partial charge in [-0.1, -0.05) is 22.9 Å². The number of hydrogen-bond acceptors (Lipinski definition) is 8. The largest absolute Gasteiger partial charge is 0.490 e. The number of carbonyl (C=O) groups is 3. The number of nitrogens with zero attached hydrogens (tertiary/aromatic N) is 3. The van der Waals surface area contributed by atoms with Crippen LogP contribution in [0.25, 0.3) is 21.3 Å². The van der Waals surface area contributed by atoms with Gasteiger partial charge in [0.05, 0.1) is 33.5 Å². The van der Waals surface area contributed by atoms with Crippen LogP contribution in [0.2, 0.25) is 5.02 Å². The first kappa shape index (κ1) is 31.7. The third kappa shape index (κ3) is 6.53. The summed E-state index contributed by atoms with van der Waals surface area (Å²) >= 11 is 7.48. The molecule has 1 aromatic heterocycles. The molecule has 1 N–H and O–H groups in total. The van der Waals surface area contributed by atoms with Crippen LogP contribution in [0.3, 0.4) is 0 Å². The second-order valence-electron chi connectivity index (χ2n) is 12.6. The molecule has 10 nitrogen and oxygen atoms in total. The molecule has 0 aliphatic carbocycles. The Morgan fingerprint density at radius 3 is 2.48 bits per heavy atom. The van der Waals surface area contributed by atoms with Crippen molar-refractivity contribution in [1.29, 1.82) is 0 Å². The average Bonchev–Trinajstić information content (AvgIpc) is 3.32. The monoisotopic (exact) mass is 650 g/mol. The third-order valence-corrected chi connectivity index (χ3v) is 8.15. The second kappa shape index (κ2) is 11.7. The molecule has 2 aromatic carbocycles. The number of fused-ring (bicyclic) bond motifs is 3. The summed E-state index contributed by atoms with van der Waals surface area (Å²) in [7, 11) is 0. The minimum absolute atomic E-state index is 0.0476. The molecule has 1 saturated heterocycles. The molecule has 0 unspecified atom stereocenters. The van der Waals surface area contributed by atoms with Crippen molar-refractivity contribution in [3.8, 4) is 16.9 Å². The third-order valence-electron chi connectivity index (χ3n) is 6.87. The number of amides is 3. The van der Waals surface area contributed by atoms with Crippen LogP contribution in [0.15, 0.2) is 18.2 Å². The zero-order chi connectivity index (χ0) is 32.1. The van der Waals surface area contributed by atoms with E-state index in [1.165, 1.54) is 12.1 Å². The highest BCUT2D eigenvalue weighted by molar-refractivity contribution is 7.22. The number of carbonyl (C=O) groups excluding carboxylic acids is 3. The van der Waals surface area contributed by atoms with E-state index in [2.05, 4.69) is 10.3 Å². The fraction of sp³-hybridized carbons (Fsp3) is 0.467. The zero-order valence-electron chi connectivity index (χ0n) is 25.2. The maximum absolute atomic E-state index is 16.3. The molecule has 0 spiro atoms. The molecule has 1 fully saturated rings. The van der Waals surface area contributed by atoms with E-state index >= 15 is 4.39 Å². The summed E-state index contributed by atoms with van der Waals surface area (Å²) in [5.74, 6) is -2.27. The Morgan fingerprint density at radius 2 is 1.80 bits per heavy atom. The number of thiazole rings is 1. The lowest BCUT2D eigenvalue weighted by Gasteiger charge is -2.42. The number of hydrogen-bond donors (Lipinski definition) is 1. The molecule has 44 heavy (non-hydrogen) atoms. The summed E-state index contributed by atoms with van der Waals surface area (Å²) in [5.41, 5.74) is -1.39. The maximum Gasteiger partial charge on any atom is 0.413 e. The summed E-state index contributed by atoms with van der Waals surface area (Å²) in [6.45, 7) is 11.2. The van der Waals surface area contributed by atoms with Crippen LogP contribution in [0, 0.1) is 11.6 Å². The number of aromatic nitrogens is 1. The van der Waals surface area contributed by atoms with E-state index in [1.54, 1.807) is 51.3 Å². The number of halogens is 3. The van der Waals surface area contributed by atoms with Gasteiger partial charge in [-0.2, -0.15) is 0 Å². The van der Waals surface area contributed by atoms with E-state index in [0.29, 0.717) is 6.42 Å². The minimum atomic E-state index is -0.894. The van der Waals surface area contributed by atoms with Crippen LogP contribution in [-0.2, 0) is 9.47 Å². The molecule has 2 aliphatic heterocycles. The molecule has 3 amide bonds. The number of rotatable bonds is 2. The normalized spacial score (nSPS) is 17.3. The summed E-state index contributed by atoms with van der Waals surface area (Å²) < 4.78 is 47.8. The van der Waals surface area contributed by atoms with Gasteiger partial charge in [0.2, 0.25) is 0 Å². The van der Waals surface area contributed by atoms with Crippen LogP contribution in [0.5, 0.6) is 5.75 Å². The van der Waals surface area contributed by atoms with Gasteiger partial charge < -0.3 is 24.0 Å². The number of benzene rings is 2. The van der Waals surface area contributed by atoms with Crippen molar-refractivity contribution in [3.05, 3.63) is 40.4 Å². The average molecular weight is 651 g/mol. The first-order valence-electron chi connectivity index (χ1n) is 14.1. The molecule has 0 saturated carbocycles. The SMILES string of the molecule is CC(C)(C)OC(=O)Nc1nc2c(-c3c(Cl)cc4c(c3F)OCC[C@H]3CN(C(=O)OC(C)(C)C)CCN3C4=O)ccc(F)c2s1. The van der Waals surface area contributed by atoms with Crippen molar-refractivity contribution in [3.63, 3.8) is 0 Å². The van der Waals surface area contributed by atoms with E-state index in [4.69, 9.17) is 25.8 Å². The maximum atomic E-state index is 16.3. The van der Waals surface area contributed by atoms with Gasteiger partial charge in [0.25, 0.3) is 5.91 Å². The van der Waals surface area contributed by atoms with E-state index in [9.17, 15) is 18.8 Å². The molecule has 236 valence electrons. The fourth-order valence-electron chi connectivity index (χ4n) is 5.08. The van der Waals surface area contributed by atoms with Gasteiger partial charge in [0.1, 0.15) is 17.0 Å². The highest BCUT2D eigenvalue weighted by atomic mass is 35.5. The fourth-order valence-corrected chi connectivity index (χ4v) is 6.26. The highest BCUT2D eigenvalue weighted by Gasteiger charge is 2.38. The Labute approximate surface area is 262 Å². The Bertz CT molecular complexity index is 1650.